The molecule has 4 aromatic carbocycles. The second-order valence-corrected chi connectivity index (χ2v) is 12.7. The van der Waals surface area contributed by atoms with Crippen LogP contribution >= 0.6 is 11.6 Å². The van der Waals surface area contributed by atoms with Crippen LogP contribution in [0.3, 0.4) is 0 Å². The third-order valence-corrected chi connectivity index (χ3v) is 9.82. The fraction of sp³-hybridized carbons (Fsp3) is 0.270. The monoisotopic (exact) mass is 635 g/mol. The number of rotatable bonds is 8. The molecule has 2 N–H and O–H groups in total. The van der Waals surface area contributed by atoms with Crippen LogP contribution in [-0.4, -0.2) is 52.0 Å². The van der Waals surface area contributed by atoms with Crippen molar-refractivity contribution < 1.29 is 24.6 Å². The average Bonchev–Trinajstić information content (AvgIpc) is 3.72. The number of hydrogen-bond donors (Lipinski definition) is 2. The van der Waals surface area contributed by atoms with E-state index in [1.54, 1.807) is 52.0 Å². The van der Waals surface area contributed by atoms with E-state index in [9.17, 15) is 24.6 Å². The summed E-state index contributed by atoms with van der Waals surface area (Å²) in [7, 11) is 0. The van der Waals surface area contributed by atoms with E-state index < -0.39 is 17.4 Å². The standard InChI is InChI=1S/C37H34ClN3O5/c1-23(7-2-15-33(43)39-18-6-12-28(39)22-42)37(46)30-20-26(38)16-17-31(30)40(36(37)45)21-24-8-3-11-27(19-24)41-32-14-5-10-25-9-4-13-29(34(25)32)35(41)44/h2-5,7-11,13-14,16-17,19-20,23,28,42,46H,6,12,15,18,21-22H2,1H3/b7-2+/t23-,28-,37+/m0/s1. The Hall–Kier alpha value is -4.50. The third kappa shape index (κ3) is 4.80. The van der Waals surface area contributed by atoms with E-state index in [0.717, 1.165) is 34.9 Å². The van der Waals surface area contributed by atoms with E-state index in [2.05, 4.69) is 0 Å². The number of halogens is 1. The predicted octanol–water partition coefficient (Wildman–Crippen LogP) is 6.09. The molecule has 0 bridgehead atoms. The first-order valence-electron chi connectivity index (χ1n) is 15.6. The molecule has 46 heavy (non-hydrogen) atoms. The van der Waals surface area contributed by atoms with Crippen LogP contribution in [0.25, 0.3) is 10.8 Å². The van der Waals surface area contributed by atoms with Gasteiger partial charge in [0.05, 0.1) is 36.1 Å². The van der Waals surface area contributed by atoms with E-state index in [1.165, 1.54) is 0 Å². The molecule has 8 nitrogen and oxygen atoms in total. The van der Waals surface area contributed by atoms with Gasteiger partial charge in [-0.3, -0.25) is 19.3 Å². The molecule has 9 heteroatoms. The van der Waals surface area contributed by atoms with Gasteiger partial charge in [0.2, 0.25) is 5.91 Å². The number of carbonyl (C=O) groups excluding carboxylic acids is 3. The number of anilines is 3. The van der Waals surface area contributed by atoms with E-state index in [1.807, 2.05) is 60.7 Å². The SMILES string of the molecule is C[C@@H](/C=C/CC(=O)N1CCC[C@H]1CO)[C@]1(O)C(=O)N(Cc2cccc(N3C(=O)c4cccc5cccc3c45)c2)c2ccc(Cl)cc21. The van der Waals surface area contributed by atoms with Crippen LogP contribution in [0.1, 0.15) is 47.7 Å². The number of carbonyl (C=O) groups is 3. The maximum Gasteiger partial charge on any atom is 0.264 e. The Labute approximate surface area is 272 Å². The highest BCUT2D eigenvalue weighted by Gasteiger charge is 2.52. The summed E-state index contributed by atoms with van der Waals surface area (Å²) >= 11 is 6.37. The van der Waals surface area contributed by atoms with Crippen LogP contribution in [0, 0.1) is 5.92 Å². The first-order chi connectivity index (χ1) is 22.2. The van der Waals surface area contributed by atoms with Crippen LogP contribution in [0.15, 0.2) is 91.0 Å². The molecule has 0 unspecified atom stereocenters. The number of amides is 3. The Morgan fingerprint density at radius 2 is 1.83 bits per heavy atom. The number of benzene rings is 4. The number of aliphatic hydroxyl groups is 2. The molecular formula is C37H34ClN3O5. The van der Waals surface area contributed by atoms with Crippen molar-refractivity contribution in [1.82, 2.24) is 4.90 Å². The quantitative estimate of drug-likeness (QED) is 0.228. The fourth-order valence-corrected chi connectivity index (χ4v) is 7.38. The highest BCUT2D eigenvalue weighted by Crippen LogP contribution is 2.47. The fourth-order valence-electron chi connectivity index (χ4n) is 7.21. The summed E-state index contributed by atoms with van der Waals surface area (Å²) in [6.45, 7) is 2.47. The second-order valence-electron chi connectivity index (χ2n) is 12.3. The summed E-state index contributed by atoms with van der Waals surface area (Å²) in [6, 6.07) is 24.0. The second kappa shape index (κ2) is 11.7. The zero-order valence-corrected chi connectivity index (χ0v) is 26.2. The Kier molecular flexibility index (Phi) is 7.67. The number of nitrogens with zero attached hydrogens (tertiary/aromatic N) is 3. The summed E-state index contributed by atoms with van der Waals surface area (Å²) in [5.74, 6) is -1.36. The van der Waals surface area contributed by atoms with Crippen molar-refractivity contribution in [3.05, 3.63) is 113 Å². The van der Waals surface area contributed by atoms with Gasteiger partial charge in [0.25, 0.3) is 11.8 Å². The van der Waals surface area contributed by atoms with Gasteiger partial charge >= 0.3 is 0 Å². The molecule has 3 aliphatic rings. The Morgan fingerprint density at radius 1 is 1.04 bits per heavy atom. The molecule has 1 fully saturated rings. The summed E-state index contributed by atoms with van der Waals surface area (Å²) in [5.41, 5.74) is 1.99. The highest BCUT2D eigenvalue weighted by atomic mass is 35.5. The summed E-state index contributed by atoms with van der Waals surface area (Å²) in [5, 5.41) is 24.0. The van der Waals surface area contributed by atoms with Crippen LogP contribution < -0.4 is 9.80 Å². The molecule has 3 atom stereocenters. The summed E-state index contributed by atoms with van der Waals surface area (Å²) in [6.07, 6.45) is 5.14. The smallest absolute Gasteiger partial charge is 0.264 e. The zero-order valence-electron chi connectivity index (χ0n) is 25.4. The van der Waals surface area contributed by atoms with Crippen molar-refractivity contribution in [1.29, 1.82) is 0 Å². The molecule has 7 rings (SSSR count). The molecule has 0 aliphatic carbocycles. The van der Waals surface area contributed by atoms with Gasteiger partial charge < -0.3 is 20.0 Å². The minimum Gasteiger partial charge on any atom is -0.394 e. The molecule has 1 saturated heterocycles. The van der Waals surface area contributed by atoms with E-state index in [-0.39, 0.29) is 37.4 Å². The van der Waals surface area contributed by atoms with Crippen molar-refractivity contribution in [3.63, 3.8) is 0 Å². The van der Waals surface area contributed by atoms with Crippen LogP contribution in [-0.2, 0) is 21.7 Å². The molecule has 0 spiro atoms. The molecule has 0 radical (unpaired) electrons. The normalized spacial score (nSPS) is 21.2. The molecular weight excluding hydrogens is 602 g/mol. The van der Waals surface area contributed by atoms with Crippen molar-refractivity contribution in [3.8, 4) is 0 Å². The van der Waals surface area contributed by atoms with Crippen LogP contribution in [0.2, 0.25) is 5.02 Å². The van der Waals surface area contributed by atoms with Crippen molar-refractivity contribution >= 4 is 57.2 Å². The largest absolute Gasteiger partial charge is 0.394 e. The maximum atomic E-state index is 14.1. The van der Waals surface area contributed by atoms with E-state index >= 15 is 0 Å². The Balaban J connectivity index is 1.15. The van der Waals surface area contributed by atoms with Crippen molar-refractivity contribution in [2.75, 3.05) is 23.0 Å². The Bertz CT molecular complexity index is 1920. The lowest BCUT2D eigenvalue weighted by molar-refractivity contribution is -0.139. The zero-order chi connectivity index (χ0) is 32.2. The number of aliphatic hydroxyl groups excluding tert-OH is 1. The third-order valence-electron chi connectivity index (χ3n) is 9.58. The maximum absolute atomic E-state index is 14.1. The van der Waals surface area contributed by atoms with Gasteiger partial charge in [-0.15, -0.1) is 0 Å². The van der Waals surface area contributed by atoms with Crippen LogP contribution in [0.5, 0.6) is 0 Å². The molecule has 0 aromatic heterocycles. The molecule has 3 amide bonds. The Morgan fingerprint density at radius 3 is 2.63 bits per heavy atom. The first-order valence-corrected chi connectivity index (χ1v) is 16.0. The van der Waals surface area contributed by atoms with Crippen molar-refractivity contribution in [2.24, 2.45) is 5.92 Å². The number of hydrogen-bond acceptors (Lipinski definition) is 5. The lowest BCUT2D eigenvalue weighted by Gasteiger charge is -2.28. The molecule has 234 valence electrons. The number of likely N-dealkylation sites (tertiary alicyclic amines) is 1. The van der Waals surface area contributed by atoms with Gasteiger partial charge in [-0.2, -0.15) is 0 Å². The van der Waals surface area contributed by atoms with Crippen LogP contribution in [0.4, 0.5) is 17.1 Å². The minimum absolute atomic E-state index is 0.0610. The highest BCUT2D eigenvalue weighted by molar-refractivity contribution is 6.31. The number of fused-ring (bicyclic) bond motifs is 1. The van der Waals surface area contributed by atoms with Gasteiger partial charge in [0.15, 0.2) is 5.60 Å². The summed E-state index contributed by atoms with van der Waals surface area (Å²) < 4.78 is 0. The lowest BCUT2D eigenvalue weighted by atomic mass is 9.83. The molecule has 3 heterocycles. The summed E-state index contributed by atoms with van der Waals surface area (Å²) in [4.78, 5) is 45.4. The topological polar surface area (TPSA) is 101 Å². The molecule has 3 aliphatic heterocycles. The van der Waals surface area contributed by atoms with Gasteiger partial charge in [0.1, 0.15) is 0 Å². The van der Waals surface area contributed by atoms with Crippen molar-refractivity contribution in [2.45, 2.75) is 44.4 Å². The first kappa shape index (κ1) is 30.2. The minimum atomic E-state index is -1.90. The predicted molar refractivity (Wildman–Crippen MR) is 178 cm³/mol. The molecule has 4 aromatic rings. The lowest BCUT2D eigenvalue weighted by Crippen LogP contribution is -2.44. The average molecular weight is 636 g/mol. The van der Waals surface area contributed by atoms with E-state index in [0.29, 0.717) is 34.1 Å². The van der Waals surface area contributed by atoms with Gasteiger partial charge in [-0.1, -0.05) is 67.1 Å². The van der Waals surface area contributed by atoms with Gasteiger partial charge in [0, 0.05) is 40.5 Å². The van der Waals surface area contributed by atoms with E-state index in [4.69, 9.17) is 11.6 Å². The molecule has 0 saturated carbocycles. The van der Waals surface area contributed by atoms with Gasteiger partial charge in [-0.25, -0.2) is 0 Å². The van der Waals surface area contributed by atoms with Gasteiger partial charge in [-0.05, 0) is 66.3 Å².